The van der Waals surface area contributed by atoms with Crippen molar-refractivity contribution >= 4 is 27.3 Å². The summed E-state index contributed by atoms with van der Waals surface area (Å²) in [5, 5.41) is 0. The van der Waals surface area contributed by atoms with Crippen LogP contribution < -0.4 is 0 Å². The van der Waals surface area contributed by atoms with Gasteiger partial charge in [0.05, 0.1) is 11.8 Å². The lowest BCUT2D eigenvalue weighted by Crippen LogP contribution is -2.45. The number of hydrogen-bond donors (Lipinski definition) is 0. The standard InChI is InChI=1S/C27H29NO4S/c1-26(2)18-10-11-27(26)14-33(31,32)28(19(27)13-18)25(30)23-20-16-8-9-17(12-16)22(20)24(29)21(23)15-6-4-3-5-7-15/h3-9,16-20,22H,10-14H2,1-2H3/t16-,17+,18+,19+,20+,22-,27+/m1/s1. The zero-order valence-corrected chi connectivity index (χ0v) is 19.8. The van der Waals surface area contributed by atoms with E-state index in [-0.39, 0.29) is 52.1 Å². The van der Waals surface area contributed by atoms with Gasteiger partial charge in [0, 0.05) is 28.4 Å². The molecule has 1 saturated heterocycles. The highest BCUT2D eigenvalue weighted by Crippen LogP contribution is 2.70. The van der Waals surface area contributed by atoms with Gasteiger partial charge in [0.1, 0.15) is 0 Å². The second-order valence-corrected chi connectivity index (χ2v) is 13.6. The molecule has 5 aliphatic carbocycles. The van der Waals surface area contributed by atoms with Crippen LogP contribution in [0.3, 0.4) is 0 Å². The topological polar surface area (TPSA) is 71.5 Å². The lowest BCUT2D eigenvalue weighted by Gasteiger charge is -2.37. The molecule has 3 saturated carbocycles. The van der Waals surface area contributed by atoms with Gasteiger partial charge < -0.3 is 0 Å². The van der Waals surface area contributed by atoms with E-state index in [9.17, 15) is 18.0 Å². The lowest BCUT2D eigenvalue weighted by atomic mass is 9.69. The van der Waals surface area contributed by atoms with Crippen molar-refractivity contribution < 1.29 is 18.0 Å². The summed E-state index contributed by atoms with van der Waals surface area (Å²) in [6.45, 7) is 4.39. The van der Waals surface area contributed by atoms with Crippen LogP contribution in [0.5, 0.6) is 0 Å². The molecule has 6 heteroatoms. The Morgan fingerprint density at radius 1 is 1.03 bits per heavy atom. The molecule has 33 heavy (non-hydrogen) atoms. The molecule has 6 aliphatic rings. The predicted molar refractivity (Wildman–Crippen MR) is 124 cm³/mol. The lowest BCUT2D eigenvalue weighted by molar-refractivity contribution is -0.125. The van der Waals surface area contributed by atoms with E-state index in [4.69, 9.17) is 0 Å². The average Bonchev–Trinajstić information content (AvgIpc) is 3.56. The van der Waals surface area contributed by atoms with E-state index < -0.39 is 15.9 Å². The van der Waals surface area contributed by atoms with E-state index >= 15 is 0 Å². The Bertz CT molecular complexity index is 1280. The number of carbonyl (C=O) groups is 2. The normalized spacial score (nSPS) is 43.0. The van der Waals surface area contributed by atoms with E-state index in [1.54, 1.807) is 0 Å². The fraction of sp³-hybridized carbons (Fsp3) is 0.556. The first kappa shape index (κ1) is 20.2. The molecule has 0 aromatic heterocycles. The van der Waals surface area contributed by atoms with Crippen molar-refractivity contribution in [3.8, 4) is 0 Å². The van der Waals surface area contributed by atoms with Gasteiger partial charge in [-0.2, -0.15) is 0 Å². The minimum atomic E-state index is -3.74. The molecule has 172 valence electrons. The number of fused-ring (bicyclic) bond motifs is 6. The molecule has 0 N–H and O–H groups in total. The first-order chi connectivity index (χ1) is 15.7. The summed E-state index contributed by atoms with van der Waals surface area (Å²) in [5.41, 5.74) is 1.21. The molecule has 7 atom stereocenters. The number of sulfonamides is 1. The summed E-state index contributed by atoms with van der Waals surface area (Å²) in [7, 11) is -3.74. The number of nitrogens with zero attached hydrogens (tertiary/aromatic N) is 1. The molecule has 0 radical (unpaired) electrons. The van der Waals surface area contributed by atoms with Crippen LogP contribution >= 0.6 is 0 Å². The van der Waals surface area contributed by atoms with Crippen LogP contribution in [0.4, 0.5) is 0 Å². The number of Topliss-reactive ketones (excluding diaryl/α,β-unsaturated/α-hetero) is 1. The molecule has 7 rings (SSSR count). The zero-order chi connectivity index (χ0) is 22.9. The summed E-state index contributed by atoms with van der Waals surface area (Å²) < 4.78 is 28.5. The highest BCUT2D eigenvalue weighted by atomic mass is 32.2. The third-order valence-corrected chi connectivity index (χ3v) is 12.4. The van der Waals surface area contributed by atoms with Crippen molar-refractivity contribution in [1.82, 2.24) is 4.31 Å². The fourth-order valence-electron chi connectivity index (χ4n) is 8.87. The Kier molecular flexibility index (Phi) is 3.71. The maximum absolute atomic E-state index is 14.4. The third kappa shape index (κ3) is 2.22. The van der Waals surface area contributed by atoms with E-state index in [1.807, 2.05) is 30.3 Å². The van der Waals surface area contributed by atoms with E-state index in [2.05, 4.69) is 26.0 Å². The third-order valence-electron chi connectivity index (χ3n) is 10.5. The second kappa shape index (κ2) is 6.07. The van der Waals surface area contributed by atoms with Crippen LogP contribution in [0.25, 0.3) is 5.57 Å². The number of carbonyl (C=O) groups excluding carboxylic acids is 2. The number of allylic oxidation sites excluding steroid dienone is 3. The zero-order valence-electron chi connectivity index (χ0n) is 19.0. The Labute approximate surface area is 195 Å². The Morgan fingerprint density at radius 3 is 2.42 bits per heavy atom. The van der Waals surface area contributed by atoms with E-state index in [0.717, 1.165) is 31.2 Å². The molecule has 1 spiro atoms. The van der Waals surface area contributed by atoms with Crippen molar-refractivity contribution in [2.45, 2.75) is 45.6 Å². The first-order valence-electron chi connectivity index (χ1n) is 12.3. The quantitative estimate of drug-likeness (QED) is 0.625. The van der Waals surface area contributed by atoms with Gasteiger partial charge in [-0.3, -0.25) is 9.59 Å². The van der Waals surface area contributed by atoms with Crippen molar-refractivity contribution in [2.24, 2.45) is 40.4 Å². The van der Waals surface area contributed by atoms with Gasteiger partial charge in [0.2, 0.25) is 10.0 Å². The average molecular weight is 464 g/mol. The van der Waals surface area contributed by atoms with Crippen molar-refractivity contribution in [3.05, 3.63) is 53.6 Å². The molecule has 4 fully saturated rings. The summed E-state index contributed by atoms with van der Waals surface area (Å²) in [6, 6.07) is 9.10. The van der Waals surface area contributed by atoms with Gasteiger partial charge in [-0.25, -0.2) is 12.7 Å². The molecule has 1 aromatic rings. The highest BCUT2D eigenvalue weighted by Gasteiger charge is 2.73. The van der Waals surface area contributed by atoms with Crippen LogP contribution in [-0.4, -0.2) is 36.2 Å². The largest absolute Gasteiger partial charge is 0.294 e. The summed E-state index contributed by atoms with van der Waals surface area (Å²) in [6.07, 6.45) is 7.80. The van der Waals surface area contributed by atoms with Crippen molar-refractivity contribution in [1.29, 1.82) is 0 Å². The molecule has 5 nitrogen and oxygen atoms in total. The first-order valence-corrected chi connectivity index (χ1v) is 13.9. The maximum Gasteiger partial charge on any atom is 0.264 e. The van der Waals surface area contributed by atoms with Crippen molar-refractivity contribution in [3.63, 3.8) is 0 Å². The molecular formula is C27H29NO4S. The Balaban J connectivity index is 1.40. The maximum atomic E-state index is 14.4. The van der Waals surface area contributed by atoms with E-state index in [0.29, 0.717) is 17.1 Å². The summed E-state index contributed by atoms with van der Waals surface area (Å²) in [5.74, 6) is -0.0362. The van der Waals surface area contributed by atoms with Gasteiger partial charge >= 0.3 is 0 Å². The molecule has 1 heterocycles. The van der Waals surface area contributed by atoms with Crippen LogP contribution in [0.2, 0.25) is 0 Å². The van der Waals surface area contributed by atoms with Gasteiger partial charge in [0.25, 0.3) is 5.91 Å². The van der Waals surface area contributed by atoms with Crippen LogP contribution in [0.15, 0.2) is 48.1 Å². The number of benzene rings is 1. The van der Waals surface area contributed by atoms with Gasteiger partial charge in [-0.1, -0.05) is 56.3 Å². The van der Waals surface area contributed by atoms with Gasteiger partial charge in [-0.05, 0) is 54.4 Å². The molecule has 1 aromatic carbocycles. The summed E-state index contributed by atoms with van der Waals surface area (Å²) in [4.78, 5) is 28.1. The van der Waals surface area contributed by atoms with Crippen molar-refractivity contribution in [2.75, 3.05) is 5.75 Å². The van der Waals surface area contributed by atoms with Gasteiger partial charge in [0.15, 0.2) is 5.78 Å². The fourth-order valence-corrected chi connectivity index (χ4v) is 11.4. The number of rotatable bonds is 2. The predicted octanol–water partition coefficient (Wildman–Crippen LogP) is 3.83. The van der Waals surface area contributed by atoms with Crippen LogP contribution in [-0.2, 0) is 19.6 Å². The monoisotopic (exact) mass is 463 g/mol. The molecule has 1 aliphatic heterocycles. The van der Waals surface area contributed by atoms with Crippen LogP contribution in [0.1, 0.15) is 45.1 Å². The SMILES string of the molecule is CC1(C)[C@H]2CC[C@@]13CS(=O)(=O)N(C(=O)C1=C(c4ccccc4)C(=O)[C@H]4[C@@H]1[C@@H]1C=C[C@H]4C1)[C@H]3C2. The minimum Gasteiger partial charge on any atom is -0.294 e. The molecule has 0 unspecified atom stereocenters. The molecular weight excluding hydrogens is 434 g/mol. The Morgan fingerprint density at radius 2 is 1.73 bits per heavy atom. The smallest absolute Gasteiger partial charge is 0.264 e. The molecule has 4 bridgehead atoms. The number of hydrogen-bond acceptors (Lipinski definition) is 4. The number of ketones is 1. The van der Waals surface area contributed by atoms with Gasteiger partial charge in [-0.15, -0.1) is 0 Å². The highest BCUT2D eigenvalue weighted by molar-refractivity contribution is 7.90. The number of amides is 1. The second-order valence-electron chi connectivity index (χ2n) is 11.7. The van der Waals surface area contributed by atoms with E-state index in [1.165, 1.54) is 4.31 Å². The minimum absolute atomic E-state index is 0.0194. The van der Waals surface area contributed by atoms with Crippen LogP contribution in [0, 0.1) is 40.4 Å². The molecule has 1 amide bonds. The Hall–Kier alpha value is -2.21. The summed E-state index contributed by atoms with van der Waals surface area (Å²) >= 11 is 0.